The maximum absolute atomic E-state index is 11.5. The second kappa shape index (κ2) is 5.25. The zero-order valence-electron chi connectivity index (χ0n) is 8.94. The van der Waals surface area contributed by atoms with E-state index in [0.717, 1.165) is 5.56 Å². The molecule has 2 heteroatoms. The van der Waals surface area contributed by atoms with E-state index >= 15 is 0 Å². The molecular formula is C13H14O2. The zero-order valence-corrected chi connectivity index (χ0v) is 8.94. The van der Waals surface area contributed by atoms with Crippen molar-refractivity contribution in [3.8, 4) is 0 Å². The Morgan fingerprint density at radius 1 is 1.20 bits per heavy atom. The Morgan fingerprint density at radius 3 is 2.33 bits per heavy atom. The van der Waals surface area contributed by atoms with Crippen LogP contribution in [0, 0.1) is 5.92 Å². The van der Waals surface area contributed by atoms with E-state index in [2.05, 4.69) is 0 Å². The molecule has 78 valence electrons. The summed E-state index contributed by atoms with van der Waals surface area (Å²) in [6.45, 7) is 3.05. The van der Waals surface area contributed by atoms with E-state index in [9.17, 15) is 9.59 Å². The SMILES string of the molecule is CC(=O)C(C)C(=O)C=Cc1ccccc1. The van der Waals surface area contributed by atoms with Crippen LogP contribution in [-0.4, -0.2) is 11.6 Å². The first-order valence-corrected chi connectivity index (χ1v) is 4.88. The third kappa shape index (κ3) is 3.50. The van der Waals surface area contributed by atoms with Crippen LogP contribution in [0.4, 0.5) is 0 Å². The van der Waals surface area contributed by atoms with E-state index in [4.69, 9.17) is 0 Å². The standard InChI is InChI=1S/C13H14O2/c1-10(11(2)14)13(15)9-8-12-6-4-3-5-7-12/h3-10H,1-2H3. The van der Waals surface area contributed by atoms with Crippen molar-refractivity contribution in [2.45, 2.75) is 13.8 Å². The molecule has 1 aromatic rings. The number of benzene rings is 1. The molecule has 0 saturated carbocycles. The largest absolute Gasteiger partial charge is 0.299 e. The number of hydrogen-bond acceptors (Lipinski definition) is 2. The van der Waals surface area contributed by atoms with Gasteiger partial charge in [-0.05, 0) is 25.5 Å². The zero-order chi connectivity index (χ0) is 11.3. The normalized spacial score (nSPS) is 12.7. The van der Waals surface area contributed by atoms with Gasteiger partial charge in [-0.3, -0.25) is 9.59 Å². The Balaban J connectivity index is 2.67. The van der Waals surface area contributed by atoms with Crippen molar-refractivity contribution < 1.29 is 9.59 Å². The molecule has 15 heavy (non-hydrogen) atoms. The van der Waals surface area contributed by atoms with Crippen molar-refractivity contribution in [2.24, 2.45) is 5.92 Å². The molecule has 1 aromatic carbocycles. The summed E-state index contributed by atoms with van der Waals surface area (Å²) in [5.41, 5.74) is 0.960. The molecule has 0 N–H and O–H groups in total. The van der Waals surface area contributed by atoms with Crippen LogP contribution in [0.2, 0.25) is 0 Å². The molecule has 1 unspecified atom stereocenters. The van der Waals surface area contributed by atoms with Gasteiger partial charge in [0.2, 0.25) is 0 Å². The van der Waals surface area contributed by atoms with Crippen LogP contribution in [0.5, 0.6) is 0 Å². The van der Waals surface area contributed by atoms with Crippen LogP contribution in [0.1, 0.15) is 19.4 Å². The summed E-state index contributed by atoms with van der Waals surface area (Å²) in [6.07, 6.45) is 3.18. The van der Waals surface area contributed by atoms with Gasteiger partial charge in [0.1, 0.15) is 5.78 Å². The molecule has 2 nitrogen and oxygen atoms in total. The minimum Gasteiger partial charge on any atom is -0.299 e. The second-order valence-corrected chi connectivity index (χ2v) is 3.48. The Morgan fingerprint density at radius 2 is 1.80 bits per heavy atom. The molecule has 0 heterocycles. The molecule has 0 aliphatic carbocycles. The summed E-state index contributed by atoms with van der Waals surface area (Å²) in [7, 11) is 0. The first kappa shape index (κ1) is 11.4. The molecule has 0 radical (unpaired) electrons. The summed E-state index contributed by atoms with van der Waals surface area (Å²) in [4.78, 5) is 22.4. The van der Waals surface area contributed by atoms with Crippen LogP contribution in [0.15, 0.2) is 36.4 Å². The van der Waals surface area contributed by atoms with Gasteiger partial charge in [-0.15, -0.1) is 0 Å². The lowest BCUT2D eigenvalue weighted by Crippen LogP contribution is -2.15. The highest BCUT2D eigenvalue weighted by atomic mass is 16.1. The molecule has 0 fully saturated rings. The van der Waals surface area contributed by atoms with Crippen LogP contribution < -0.4 is 0 Å². The van der Waals surface area contributed by atoms with E-state index < -0.39 is 5.92 Å². The maximum Gasteiger partial charge on any atom is 0.165 e. The smallest absolute Gasteiger partial charge is 0.165 e. The minimum atomic E-state index is -0.537. The molecule has 1 atom stereocenters. The molecule has 0 bridgehead atoms. The molecule has 0 aliphatic heterocycles. The van der Waals surface area contributed by atoms with Gasteiger partial charge in [-0.2, -0.15) is 0 Å². The van der Waals surface area contributed by atoms with E-state index in [1.807, 2.05) is 30.3 Å². The van der Waals surface area contributed by atoms with Crippen LogP contribution in [0.25, 0.3) is 6.08 Å². The molecule has 0 spiro atoms. The van der Waals surface area contributed by atoms with Crippen molar-refractivity contribution in [2.75, 3.05) is 0 Å². The fraction of sp³-hybridized carbons (Fsp3) is 0.231. The van der Waals surface area contributed by atoms with Crippen LogP contribution >= 0.6 is 0 Å². The highest BCUT2D eigenvalue weighted by Crippen LogP contribution is 2.04. The molecule has 0 amide bonds. The molecule has 0 saturated heterocycles. The maximum atomic E-state index is 11.5. The predicted molar refractivity (Wildman–Crippen MR) is 60.3 cm³/mol. The van der Waals surface area contributed by atoms with Gasteiger partial charge < -0.3 is 0 Å². The Labute approximate surface area is 89.6 Å². The molecule has 1 rings (SSSR count). The van der Waals surface area contributed by atoms with Crippen LogP contribution in [-0.2, 0) is 9.59 Å². The van der Waals surface area contributed by atoms with Gasteiger partial charge in [-0.25, -0.2) is 0 Å². The van der Waals surface area contributed by atoms with Gasteiger partial charge in [0.15, 0.2) is 5.78 Å². The second-order valence-electron chi connectivity index (χ2n) is 3.48. The lowest BCUT2D eigenvalue weighted by atomic mass is 10.0. The van der Waals surface area contributed by atoms with Gasteiger partial charge in [-0.1, -0.05) is 36.4 Å². The first-order chi connectivity index (χ1) is 7.11. The van der Waals surface area contributed by atoms with Crippen molar-refractivity contribution in [3.63, 3.8) is 0 Å². The van der Waals surface area contributed by atoms with E-state index in [1.54, 1.807) is 13.0 Å². The van der Waals surface area contributed by atoms with Crippen molar-refractivity contribution in [1.82, 2.24) is 0 Å². The average molecular weight is 202 g/mol. The lowest BCUT2D eigenvalue weighted by Gasteiger charge is -2.00. The van der Waals surface area contributed by atoms with Gasteiger partial charge in [0.05, 0.1) is 5.92 Å². The molecular weight excluding hydrogens is 188 g/mol. The summed E-state index contributed by atoms with van der Waals surface area (Å²) in [5.74, 6) is -0.783. The van der Waals surface area contributed by atoms with Crippen molar-refractivity contribution in [3.05, 3.63) is 42.0 Å². The number of allylic oxidation sites excluding steroid dienone is 1. The molecule has 0 aromatic heterocycles. The predicted octanol–water partition coefficient (Wildman–Crippen LogP) is 2.49. The Hall–Kier alpha value is -1.70. The summed E-state index contributed by atoms with van der Waals surface area (Å²) < 4.78 is 0. The van der Waals surface area contributed by atoms with Crippen LogP contribution in [0.3, 0.4) is 0 Å². The van der Waals surface area contributed by atoms with Gasteiger partial charge in [0, 0.05) is 0 Å². The monoisotopic (exact) mass is 202 g/mol. The summed E-state index contributed by atoms with van der Waals surface area (Å²) >= 11 is 0. The lowest BCUT2D eigenvalue weighted by molar-refractivity contribution is -0.128. The number of ketones is 2. The van der Waals surface area contributed by atoms with Gasteiger partial charge in [0.25, 0.3) is 0 Å². The fourth-order valence-corrected chi connectivity index (χ4v) is 1.09. The third-order valence-electron chi connectivity index (χ3n) is 2.28. The number of carbonyl (C=O) groups is 2. The topological polar surface area (TPSA) is 34.1 Å². The first-order valence-electron chi connectivity index (χ1n) is 4.88. The average Bonchev–Trinajstić information content (AvgIpc) is 2.26. The van der Waals surface area contributed by atoms with Gasteiger partial charge >= 0.3 is 0 Å². The van der Waals surface area contributed by atoms with Crippen molar-refractivity contribution in [1.29, 1.82) is 0 Å². The number of Topliss-reactive ketones (excluding diaryl/α,β-unsaturated/α-hetero) is 1. The van der Waals surface area contributed by atoms with E-state index in [-0.39, 0.29) is 11.6 Å². The highest BCUT2D eigenvalue weighted by Gasteiger charge is 2.13. The van der Waals surface area contributed by atoms with E-state index in [0.29, 0.717) is 0 Å². The molecule has 0 aliphatic rings. The van der Waals surface area contributed by atoms with Crippen molar-refractivity contribution >= 4 is 17.6 Å². The minimum absolute atomic E-state index is 0.0993. The number of carbonyl (C=O) groups excluding carboxylic acids is 2. The quantitative estimate of drug-likeness (QED) is 0.555. The summed E-state index contributed by atoms with van der Waals surface area (Å²) in [5, 5.41) is 0. The third-order valence-corrected chi connectivity index (χ3v) is 2.28. The number of hydrogen-bond donors (Lipinski definition) is 0. The van der Waals surface area contributed by atoms with E-state index in [1.165, 1.54) is 13.0 Å². The highest BCUT2D eigenvalue weighted by molar-refractivity contribution is 6.07. The summed E-state index contributed by atoms with van der Waals surface area (Å²) in [6, 6.07) is 9.53. The Bertz CT molecular complexity index is 377. The number of rotatable bonds is 4. The Kier molecular flexibility index (Phi) is 3.98. The fourth-order valence-electron chi connectivity index (χ4n) is 1.09.